The summed E-state index contributed by atoms with van der Waals surface area (Å²) in [4.78, 5) is 1.14. The maximum atomic E-state index is 6.45. The molecular weight excluding hydrogens is 348 g/mol. The lowest BCUT2D eigenvalue weighted by molar-refractivity contribution is 0.146. The second-order valence-electron chi connectivity index (χ2n) is 3.91. The Morgan fingerprint density at radius 3 is 2.79 bits per heavy atom. The Labute approximate surface area is 130 Å². The van der Waals surface area contributed by atoms with E-state index in [1.807, 2.05) is 35.7 Å². The maximum Gasteiger partial charge on any atom is 0.133 e. The Hall–Kier alpha value is -0.550. The van der Waals surface area contributed by atoms with Crippen LogP contribution in [0.3, 0.4) is 0 Å². The van der Waals surface area contributed by atoms with Gasteiger partial charge in [-0.1, -0.05) is 12.1 Å². The van der Waals surface area contributed by atoms with Crippen LogP contribution in [0.2, 0.25) is 0 Å². The number of hydrogen-bond donors (Lipinski definition) is 0. The quantitative estimate of drug-likeness (QED) is 0.540. The number of thiophene rings is 1. The van der Waals surface area contributed by atoms with Crippen LogP contribution in [0.1, 0.15) is 15.8 Å². The summed E-state index contributed by atoms with van der Waals surface area (Å²) in [5.41, 5.74) is 1.05. The Bertz CT molecular complexity index is 516. The molecule has 2 nitrogen and oxygen atoms in total. The van der Waals surface area contributed by atoms with Gasteiger partial charge < -0.3 is 9.47 Å². The molecule has 1 aromatic heterocycles. The molecule has 0 bridgehead atoms. The fraction of sp³-hybridized carbons (Fsp3) is 0.286. The minimum absolute atomic E-state index is 0.121. The summed E-state index contributed by atoms with van der Waals surface area (Å²) in [5.74, 6) is 0.802. The predicted octanol–water partition coefficient (Wildman–Crippen LogP) is 4.86. The Balaban J connectivity index is 2.10. The van der Waals surface area contributed by atoms with Gasteiger partial charge in [0.15, 0.2) is 0 Å². The Morgan fingerprint density at radius 2 is 2.16 bits per heavy atom. The number of alkyl halides is 1. The van der Waals surface area contributed by atoms with Crippen LogP contribution in [0, 0.1) is 0 Å². The van der Waals surface area contributed by atoms with E-state index < -0.39 is 0 Å². The van der Waals surface area contributed by atoms with Crippen molar-refractivity contribution in [3.63, 3.8) is 0 Å². The first-order valence-electron chi connectivity index (χ1n) is 5.81. The van der Waals surface area contributed by atoms with E-state index >= 15 is 0 Å². The molecule has 0 aliphatic heterocycles. The molecule has 0 fully saturated rings. The van der Waals surface area contributed by atoms with Crippen molar-refractivity contribution < 1.29 is 9.47 Å². The van der Waals surface area contributed by atoms with E-state index in [0.29, 0.717) is 13.2 Å². The van der Waals surface area contributed by atoms with Gasteiger partial charge in [-0.05, 0) is 45.1 Å². The molecule has 1 heterocycles. The molecule has 0 aliphatic carbocycles. The highest BCUT2D eigenvalue weighted by molar-refractivity contribution is 9.10. The molecule has 1 aromatic carbocycles. The largest absolute Gasteiger partial charge is 0.490 e. The molecule has 1 atom stereocenters. The molecule has 5 heteroatoms. The molecule has 0 amide bonds. The summed E-state index contributed by atoms with van der Waals surface area (Å²) < 4.78 is 11.5. The van der Waals surface area contributed by atoms with Crippen LogP contribution in [0.4, 0.5) is 0 Å². The third kappa shape index (κ3) is 3.96. The van der Waals surface area contributed by atoms with Gasteiger partial charge >= 0.3 is 0 Å². The van der Waals surface area contributed by atoms with Crippen LogP contribution < -0.4 is 4.74 Å². The van der Waals surface area contributed by atoms with Crippen LogP contribution in [0.25, 0.3) is 0 Å². The van der Waals surface area contributed by atoms with Gasteiger partial charge in [-0.25, -0.2) is 0 Å². The maximum absolute atomic E-state index is 6.45. The second-order valence-corrected chi connectivity index (χ2v) is 6.18. The molecule has 0 saturated carbocycles. The Kier molecular flexibility index (Phi) is 5.70. The van der Waals surface area contributed by atoms with Crippen molar-refractivity contribution in [3.8, 4) is 5.75 Å². The van der Waals surface area contributed by atoms with Gasteiger partial charge in [0.05, 0.1) is 16.5 Å². The third-order valence-corrected chi connectivity index (χ3v) is 4.76. The number of methoxy groups -OCH3 is 1. The van der Waals surface area contributed by atoms with Crippen molar-refractivity contribution in [1.82, 2.24) is 0 Å². The zero-order valence-electron chi connectivity index (χ0n) is 10.4. The summed E-state index contributed by atoms with van der Waals surface area (Å²) in [6.45, 7) is 1.10. The van der Waals surface area contributed by atoms with Crippen molar-refractivity contribution in [2.45, 2.75) is 5.38 Å². The summed E-state index contributed by atoms with van der Waals surface area (Å²) in [6.07, 6.45) is 0. The highest BCUT2D eigenvalue weighted by Gasteiger charge is 2.13. The lowest BCUT2D eigenvalue weighted by Gasteiger charge is -2.12. The van der Waals surface area contributed by atoms with E-state index in [0.717, 1.165) is 20.7 Å². The number of ether oxygens (including phenoxy) is 2. The lowest BCUT2D eigenvalue weighted by atomic mass is 10.1. The molecule has 19 heavy (non-hydrogen) atoms. The zero-order chi connectivity index (χ0) is 13.7. The van der Waals surface area contributed by atoms with Gasteiger partial charge in [0, 0.05) is 12.0 Å². The summed E-state index contributed by atoms with van der Waals surface area (Å²) in [5, 5.41) is 1.91. The summed E-state index contributed by atoms with van der Waals surface area (Å²) in [7, 11) is 1.65. The van der Waals surface area contributed by atoms with Crippen LogP contribution in [0.15, 0.2) is 40.2 Å². The van der Waals surface area contributed by atoms with Gasteiger partial charge in [0.1, 0.15) is 12.4 Å². The zero-order valence-corrected chi connectivity index (χ0v) is 13.6. The molecule has 1 unspecified atom stereocenters. The van der Waals surface area contributed by atoms with E-state index in [1.165, 1.54) is 0 Å². The molecule has 2 rings (SSSR count). The van der Waals surface area contributed by atoms with Gasteiger partial charge in [-0.15, -0.1) is 22.9 Å². The fourth-order valence-electron chi connectivity index (χ4n) is 1.63. The highest BCUT2D eigenvalue weighted by atomic mass is 79.9. The first-order chi connectivity index (χ1) is 9.22. The van der Waals surface area contributed by atoms with E-state index in [1.54, 1.807) is 18.4 Å². The topological polar surface area (TPSA) is 18.5 Å². The Morgan fingerprint density at radius 1 is 1.32 bits per heavy atom. The summed E-state index contributed by atoms with van der Waals surface area (Å²) in [6, 6.07) is 9.97. The minimum Gasteiger partial charge on any atom is -0.490 e. The fourth-order valence-corrected chi connectivity index (χ4v) is 3.23. The lowest BCUT2D eigenvalue weighted by Crippen LogP contribution is -2.04. The molecule has 0 N–H and O–H groups in total. The first kappa shape index (κ1) is 14.9. The van der Waals surface area contributed by atoms with Crippen molar-refractivity contribution in [2.75, 3.05) is 20.3 Å². The number of hydrogen-bond acceptors (Lipinski definition) is 3. The number of halogens is 2. The average molecular weight is 362 g/mol. The minimum atomic E-state index is -0.121. The van der Waals surface area contributed by atoms with E-state index in [2.05, 4.69) is 15.9 Å². The van der Waals surface area contributed by atoms with Gasteiger partial charge in [-0.3, -0.25) is 0 Å². The van der Waals surface area contributed by atoms with E-state index in [-0.39, 0.29) is 5.38 Å². The standard InChI is InChI=1S/C14H14BrClO2S/c1-17-6-7-18-12-5-4-10(9-11(12)15)14(16)13-3-2-8-19-13/h2-5,8-9,14H,6-7H2,1H3. The predicted molar refractivity (Wildman–Crippen MR) is 83.5 cm³/mol. The first-order valence-corrected chi connectivity index (χ1v) is 7.92. The molecular formula is C14H14BrClO2S. The normalized spacial score (nSPS) is 12.4. The van der Waals surface area contributed by atoms with Gasteiger partial charge in [0.25, 0.3) is 0 Å². The molecule has 0 saturated heterocycles. The number of rotatable bonds is 6. The molecule has 102 valence electrons. The third-order valence-electron chi connectivity index (χ3n) is 2.59. The van der Waals surface area contributed by atoms with Crippen molar-refractivity contribution in [3.05, 3.63) is 50.6 Å². The highest BCUT2D eigenvalue weighted by Crippen LogP contribution is 2.35. The van der Waals surface area contributed by atoms with Crippen LogP contribution in [-0.4, -0.2) is 20.3 Å². The summed E-state index contributed by atoms with van der Waals surface area (Å²) >= 11 is 11.6. The van der Waals surface area contributed by atoms with E-state index in [4.69, 9.17) is 21.1 Å². The molecule has 0 aliphatic rings. The monoisotopic (exact) mass is 360 g/mol. The molecule has 0 radical (unpaired) electrons. The van der Waals surface area contributed by atoms with Crippen LogP contribution in [-0.2, 0) is 4.74 Å². The second kappa shape index (κ2) is 7.29. The van der Waals surface area contributed by atoms with Crippen molar-refractivity contribution >= 4 is 38.9 Å². The van der Waals surface area contributed by atoms with Crippen molar-refractivity contribution in [2.24, 2.45) is 0 Å². The van der Waals surface area contributed by atoms with Gasteiger partial charge in [-0.2, -0.15) is 0 Å². The number of benzene rings is 1. The van der Waals surface area contributed by atoms with Crippen molar-refractivity contribution in [1.29, 1.82) is 0 Å². The van der Waals surface area contributed by atoms with E-state index in [9.17, 15) is 0 Å². The van der Waals surface area contributed by atoms with Crippen LogP contribution >= 0.6 is 38.9 Å². The molecule has 2 aromatic rings. The van der Waals surface area contributed by atoms with Gasteiger partial charge in [0.2, 0.25) is 0 Å². The van der Waals surface area contributed by atoms with Crippen LogP contribution in [0.5, 0.6) is 5.75 Å². The SMILES string of the molecule is COCCOc1ccc(C(Cl)c2cccs2)cc1Br. The molecule has 0 spiro atoms. The average Bonchev–Trinajstić information content (AvgIpc) is 2.94. The smallest absolute Gasteiger partial charge is 0.133 e.